The largest absolute Gasteiger partial charge is 0.336 e. The first-order valence-corrected chi connectivity index (χ1v) is 6.95. The Kier molecular flexibility index (Phi) is 3.45. The van der Waals surface area contributed by atoms with Crippen LogP contribution in [0.1, 0.15) is 12.8 Å². The van der Waals surface area contributed by atoms with E-state index >= 15 is 0 Å². The van der Waals surface area contributed by atoms with E-state index in [1.807, 2.05) is 29.2 Å². The lowest BCUT2D eigenvalue weighted by Crippen LogP contribution is -2.32. The molecule has 2 fully saturated rings. The molecular formula is C14H18N4O2. The lowest BCUT2D eigenvalue weighted by Gasteiger charge is -2.18. The van der Waals surface area contributed by atoms with Gasteiger partial charge in [0, 0.05) is 37.6 Å². The molecule has 0 bridgehead atoms. The molecule has 6 heteroatoms. The third-order valence-corrected chi connectivity index (χ3v) is 3.66. The summed E-state index contributed by atoms with van der Waals surface area (Å²) in [7, 11) is 0. The Labute approximate surface area is 117 Å². The molecule has 1 aromatic carbocycles. The van der Waals surface area contributed by atoms with Crippen LogP contribution in [-0.2, 0) is 0 Å². The summed E-state index contributed by atoms with van der Waals surface area (Å²) in [6, 6.07) is 7.24. The average molecular weight is 274 g/mol. The Balaban J connectivity index is 1.70. The third-order valence-electron chi connectivity index (χ3n) is 3.66. The number of hydrogen-bond acceptors (Lipinski definition) is 2. The number of anilines is 2. The first kappa shape index (κ1) is 12.8. The fourth-order valence-electron chi connectivity index (χ4n) is 2.59. The number of carbonyl (C=O) groups excluding carboxylic acids is 2. The predicted molar refractivity (Wildman–Crippen MR) is 77.0 cm³/mol. The Morgan fingerprint density at radius 3 is 2.70 bits per heavy atom. The van der Waals surface area contributed by atoms with Crippen molar-refractivity contribution in [2.24, 2.45) is 0 Å². The molecule has 0 unspecified atom stereocenters. The van der Waals surface area contributed by atoms with E-state index in [2.05, 4.69) is 10.6 Å². The van der Waals surface area contributed by atoms with Crippen LogP contribution in [0.25, 0.3) is 0 Å². The molecule has 1 aromatic rings. The van der Waals surface area contributed by atoms with E-state index in [-0.39, 0.29) is 12.1 Å². The Bertz CT molecular complexity index is 526. The number of carbonyl (C=O) groups is 2. The number of rotatable bonds is 2. The predicted octanol–water partition coefficient (Wildman–Crippen LogP) is 1.84. The lowest BCUT2D eigenvalue weighted by molar-refractivity contribution is 0.222. The van der Waals surface area contributed by atoms with Gasteiger partial charge in [0.2, 0.25) is 0 Å². The Morgan fingerprint density at radius 1 is 1.20 bits per heavy atom. The van der Waals surface area contributed by atoms with Gasteiger partial charge in [-0.25, -0.2) is 9.59 Å². The minimum absolute atomic E-state index is 0.0643. The van der Waals surface area contributed by atoms with Gasteiger partial charge in [0.05, 0.1) is 0 Å². The van der Waals surface area contributed by atoms with E-state index in [4.69, 9.17) is 0 Å². The highest BCUT2D eigenvalue weighted by atomic mass is 16.2. The molecule has 2 heterocycles. The van der Waals surface area contributed by atoms with Crippen LogP contribution in [0.15, 0.2) is 24.3 Å². The summed E-state index contributed by atoms with van der Waals surface area (Å²) in [6.45, 7) is 2.95. The number of hydrogen-bond donors (Lipinski definition) is 2. The molecule has 0 radical (unpaired) electrons. The summed E-state index contributed by atoms with van der Waals surface area (Å²) < 4.78 is 0. The maximum absolute atomic E-state index is 12.0. The second-order valence-corrected chi connectivity index (χ2v) is 5.06. The van der Waals surface area contributed by atoms with E-state index in [0.29, 0.717) is 13.1 Å². The molecule has 2 aliphatic rings. The van der Waals surface area contributed by atoms with Crippen molar-refractivity contribution in [3.8, 4) is 0 Å². The standard InChI is InChI=1S/C14H18N4O2/c19-13-15-6-9-18(13)12-5-3-4-11(10-12)16-14(20)17-7-1-2-8-17/h3-5,10H,1-2,6-9H2,(H,15,19)(H,16,20). The maximum atomic E-state index is 12.0. The van der Waals surface area contributed by atoms with Gasteiger partial charge in [-0.2, -0.15) is 0 Å². The second kappa shape index (κ2) is 5.40. The van der Waals surface area contributed by atoms with Crippen LogP contribution in [0.5, 0.6) is 0 Å². The number of amides is 4. The van der Waals surface area contributed by atoms with Gasteiger partial charge in [0.25, 0.3) is 0 Å². The van der Waals surface area contributed by atoms with Crippen LogP contribution in [-0.4, -0.2) is 43.1 Å². The number of nitrogens with zero attached hydrogens (tertiary/aromatic N) is 2. The quantitative estimate of drug-likeness (QED) is 0.864. The normalized spacial score (nSPS) is 18.3. The van der Waals surface area contributed by atoms with Crippen LogP contribution in [0.4, 0.5) is 21.0 Å². The van der Waals surface area contributed by atoms with Gasteiger partial charge in [0.15, 0.2) is 0 Å². The van der Waals surface area contributed by atoms with Crippen molar-refractivity contribution in [2.45, 2.75) is 12.8 Å². The van der Waals surface area contributed by atoms with Gasteiger partial charge < -0.3 is 15.5 Å². The van der Waals surface area contributed by atoms with Crippen molar-refractivity contribution in [2.75, 3.05) is 36.4 Å². The van der Waals surface area contributed by atoms with Crippen molar-refractivity contribution < 1.29 is 9.59 Å². The summed E-state index contributed by atoms with van der Waals surface area (Å²) in [5.74, 6) is 0. The number of likely N-dealkylation sites (tertiary alicyclic amines) is 1. The molecule has 0 aliphatic carbocycles. The van der Waals surface area contributed by atoms with Crippen LogP contribution in [0, 0.1) is 0 Å². The SMILES string of the molecule is O=C(Nc1cccc(N2CCNC2=O)c1)N1CCCC1. The molecule has 2 aliphatic heterocycles. The van der Waals surface area contributed by atoms with Gasteiger partial charge >= 0.3 is 12.1 Å². The van der Waals surface area contributed by atoms with E-state index in [0.717, 1.165) is 37.3 Å². The van der Waals surface area contributed by atoms with Crippen molar-refractivity contribution in [1.29, 1.82) is 0 Å². The average Bonchev–Trinajstić information content (AvgIpc) is 3.10. The highest BCUT2D eigenvalue weighted by Crippen LogP contribution is 2.21. The molecule has 106 valence electrons. The fourth-order valence-corrected chi connectivity index (χ4v) is 2.59. The van der Waals surface area contributed by atoms with Gasteiger partial charge in [-0.1, -0.05) is 6.07 Å². The zero-order valence-electron chi connectivity index (χ0n) is 11.3. The first-order valence-electron chi connectivity index (χ1n) is 6.95. The number of benzene rings is 1. The summed E-state index contributed by atoms with van der Waals surface area (Å²) in [5, 5.41) is 5.66. The third kappa shape index (κ3) is 2.54. The van der Waals surface area contributed by atoms with Crippen molar-refractivity contribution in [1.82, 2.24) is 10.2 Å². The first-order chi connectivity index (χ1) is 9.74. The minimum atomic E-state index is -0.0898. The number of nitrogens with one attached hydrogen (secondary N) is 2. The molecule has 0 atom stereocenters. The molecule has 0 aromatic heterocycles. The summed E-state index contributed by atoms with van der Waals surface area (Å²) in [6.07, 6.45) is 2.14. The molecule has 0 spiro atoms. The molecule has 2 N–H and O–H groups in total. The molecule has 0 saturated carbocycles. The van der Waals surface area contributed by atoms with E-state index in [9.17, 15) is 9.59 Å². The molecule has 4 amide bonds. The van der Waals surface area contributed by atoms with E-state index < -0.39 is 0 Å². The minimum Gasteiger partial charge on any atom is -0.336 e. The van der Waals surface area contributed by atoms with Gasteiger partial charge in [-0.15, -0.1) is 0 Å². The van der Waals surface area contributed by atoms with Crippen LogP contribution >= 0.6 is 0 Å². The maximum Gasteiger partial charge on any atom is 0.321 e. The Hall–Kier alpha value is -2.24. The van der Waals surface area contributed by atoms with Gasteiger partial charge in [-0.3, -0.25) is 4.90 Å². The fraction of sp³-hybridized carbons (Fsp3) is 0.429. The van der Waals surface area contributed by atoms with Crippen molar-refractivity contribution in [3.05, 3.63) is 24.3 Å². The van der Waals surface area contributed by atoms with Crippen LogP contribution in [0.2, 0.25) is 0 Å². The number of urea groups is 2. The lowest BCUT2D eigenvalue weighted by atomic mass is 10.2. The molecule has 3 rings (SSSR count). The van der Waals surface area contributed by atoms with E-state index in [1.165, 1.54) is 0 Å². The molecule has 2 saturated heterocycles. The monoisotopic (exact) mass is 274 g/mol. The van der Waals surface area contributed by atoms with Crippen molar-refractivity contribution >= 4 is 23.4 Å². The van der Waals surface area contributed by atoms with Crippen molar-refractivity contribution in [3.63, 3.8) is 0 Å². The van der Waals surface area contributed by atoms with Crippen LogP contribution < -0.4 is 15.5 Å². The zero-order chi connectivity index (χ0) is 13.9. The molecule has 20 heavy (non-hydrogen) atoms. The summed E-state index contributed by atoms with van der Waals surface area (Å²) >= 11 is 0. The highest BCUT2D eigenvalue weighted by molar-refractivity contribution is 5.95. The molecule has 6 nitrogen and oxygen atoms in total. The summed E-state index contributed by atoms with van der Waals surface area (Å²) in [5.41, 5.74) is 1.53. The van der Waals surface area contributed by atoms with E-state index in [1.54, 1.807) is 4.90 Å². The van der Waals surface area contributed by atoms with Gasteiger partial charge in [-0.05, 0) is 31.0 Å². The smallest absolute Gasteiger partial charge is 0.321 e. The Morgan fingerprint density at radius 2 is 2.00 bits per heavy atom. The second-order valence-electron chi connectivity index (χ2n) is 5.06. The zero-order valence-corrected chi connectivity index (χ0v) is 11.3. The highest BCUT2D eigenvalue weighted by Gasteiger charge is 2.22. The van der Waals surface area contributed by atoms with Gasteiger partial charge in [0.1, 0.15) is 0 Å². The molecular weight excluding hydrogens is 256 g/mol. The topological polar surface area (TPSA) is 64.7 Å². The summed E-state index contributed by atoms with van der Waals surface area (Å²) in [4.78, 5) is 27.2. The van der Waals surface area contributed by atoms with Crippen LogP contribution in [0.3, 0.4) is 0 Å².